The van der Waals surface area contributed by atoms with Gasteiger partial charge in [0, 0.05) is 12.8 Å². The van der Waals surface area contributed by atoms with E-state index in [1.807, 2.05) is 0 Å². The number of hydrogen-bond donors (Lipinski definition) is 3. The Morgan fingerprint density at radius 3 is 1.36 bits per heavy atom. The van der Waals surface area contributed by atoms with Gasteiger partial charge in [-0.05, 0) is 64.2 Å². The van der Waals surface area contributed by atoms with E-state index in [0.717, 1.165) is 70.6 Å². The van der Waals surface area contributed by atoms with Crippen molar-refractivity contribution in [3.05, 3.63) is 24.3 Å². The van der Waals surface area contributed by atoms with Gasteiger partial charge in [-0.15, -0.1) is 0 Å². The van der Waals surface area contributed by atoms with Gasteiger partial charge in [-0.25, -0.2) is 4.57 Å². The average Bonchev–Trinajstić information content (AvgIpc) is 3.14. The van der Waals surface area contributed by atoms with Gasteiger partial charge in [-0.2, -0.15) is 0 Å². The van der Waals surface area contributed by atoms with Crippen molar-refractivity contribution in [2.45, 2.75) is 206 Å². The fourth-order valence-corrected chi connectivity index (χ4v) is 6.54. The van der Waals surface area contributed by atoms with Crippen molar-refractivity contribution in [2.75, 3.05) is 26.4 Å². The summed E-state index contributed by atoms with van der Waals surface area (Å²) in [5, 5.41) is 18.3. The molecule has 0 aliphatic heterocycles. The Morgan fingerprint density at radius 1 is 0.547 bits per heavy atom. The molecule has 3 N–H and O–H groups in total. The Hall–Kier alpha value is -1.55. The molecule has 0 fully saturated rings. The van der Waals surface area contributed by atoms with Crippen molar-refractivity contribution in [1.29, 1.82) is 0 Å². The first kappa shape index (κ1) is 51.5. The molecule has 11 heteroatoms. The Bertz CT molecular complexity index is 941. The van der Waals surface area contributed by atoms with Crippen LogP contribution in [0, 0.1) is 0 Å². The number of hydrogen-bond acceptors (Lipinski definition) is 9. The van der Waals surface area contributed by atoms with Crippen LogP contribution >= 0.6 is 7.82 Å². The number of aliphatic hydroxyl groups is 2. The number of carbonyl (C=O) groups excluding carboxylic acids is 2. The molecule has 0 aromatic heterocycles. The van der Waals surface area contributed by atoms with Crippen LogP contribution in [0.4, 0.5) is 0 Å². The molecule has 0 aromatic carbocycles. The van der Waals surface area contributed by atoms with Gasteiger partial charge >= 0.3 is 19.8 Å². The van der Waals surface area contributed by atoms with Crippen molar-refractivity contribution in [2.24, 2.45) is 0 Å². The molecule has 0 bridgehead atoms. The van der Waals surface area contributed by atoms with Gasteiger partial charge in [-0.1, -0.05) is 141 Å². The minimum absolute atomic E-state index is 0.174. The van der Waals surface area contributed by atoms with Crippen molar-refractivity contribution in [3.63, 3.8) is 0 Å². The van der Waals surface area contributed by atoms with Crippen molar-refractivity contribution in [3.8, 4) is 0 Å². The fraction of sp³-hybridized carbons (Fsp3) is 0.857. The molecule has 0 spiro atoms. The van der Waals surface area contributed by atoms with E-state index >= 15 is 0 Å². The zero-order valence-electron chi connectivity index (χ0n) is 33.7. The largest absolute Gasteiger partial charge is 0.472 e. The second-order valence-corrected chi connectivity index (χ2v) is 15.8. The SMILES string of the molecule is CCCCCCCC/C=C\CCCCCCCC(=O)O[C@H](COC(=O)CCCCCCC/C=C/CCCCCCCC)COP(=O)(O)OC[C@H](O)CO. The lowest BCUT2D eigenvalue weighted by molar-refractivity contribution is -0.161. The summed E-state index contributed by atoms with van der Waals surface area (Å²) in [4.78, 5) is 34.9. The second kappa shape index (κ2) is 38.7. The number of phosphoric acid groups is 1. The molecule has 1 unspecified atom stereocenters. The van der Waals surface area contributed by atoms with E-state index in [0.29, 0.717) is 12.8 Å². The number of aliphatic hydroxyl groups excluding tert-OH is 2. The molecule has 10 nitrogen and oxygen atoms in total. The van der Waals surface area contributed by atoms with E-state index in [9.17, 15) is 24.2 Å². The topological polar surface area (TPSA) is 149 Å². The van der Waals surface area contributed by atoms with Crippen LogP contribution < -0.4 is 0 Å². The number of ether oxygens (including phenoxy) is 2. The van der Waals surface area contributed by atoms with Gasteiger partial charge in [0.2, 0.25) is 0 Å². The predicted octanol–water partition coefficient (Wildman–Crippen LogP) is 11.0. The highest BCUT2D eigenvalue weighted by Crippen LogP contribution is 2.43. The number of unbranched alkanes of at least 4 members (excludes halogenated alkanes) is 22. The lowest BCUT2D eigenvalue weighted by Gasteiger charge is -2.20. The molecule has 0 saturated carbocycles. The first-order valence-corrected chi connectivity index (χ1v) is 22.8. The Balaban J connectivity index is 4.33. The van der Waals surface area contributed by atoms with E-state index in [4.69, 9.17) is 19.1 Å². The van der Waals surface area contributed by atoms with E-state index < -0.39 is 51.8 Å². The van der Waals surface area contributed by atoms with E-state index in [1.165, 1.54) is 83.5 Å². The highest BCUT2D eigenvalue weighted by atomic mass is 31.2. The summed E-state index contributed by atoms with van der Waals surface area (Å²) >= 11 is 0. The summed E-state index contributed by atoms with van der Waals surface area (Å²) in [7, 11) is -4.62. The van der Waals surface area contributed by atoms with Crippen LogP contribution in [-0.4, -0.2) is 65.7 Å². The number of allylic oxidation sites excluding steroid dienone is 4. The monoisotopic (exact) mass is 775 g/mol. The van der Waals surface area contributed by atoms with Crippen LogP contribution in [0.15, 0.2) is 24.3 Å². The highest BCUT2D eigenvalue weighted by molar-refractivity contribution is 7.47. The van der Waals surface area contributed by atoms with Gasteiger partial charge < -0.3 is 24.6 Å². The minimum Gasteiger partial charge on any atom is -0.462 e. The van der Waals surface area contributed by atoms with Gasteiger partial charge in [0.15, 0.2) is 6.10 Å². The first-order chi connectivity index (χ1) is 25.7. The molecule has 0 heterocycles. The zero-order chi connectivity index (χ0) is 39.1. The van der Waals surface area contributed by atoms with E-state index in [2.05, 4.69) is 42.7 Å². The molecule has 3 atom stereocenters. The Morgan fingerprint density at radius 2 is 0.925 bits per heavy atom. The summed E-state index contributed by atoms with van der Waals surface area (Å²) in [5.74, 6) is -0.940. The van der Waals surface area contributed by atoms with Gasteiger partial charge in [-0.3, -0.25) is 18.6 Å². The minimum atomic E-state index is -4.62. The molecule has 0 radical (unpaired) electrons. The fourth-order valence-electron chi connectivity index (χ4n) is 5.75. The van der Waals surface area contributed by atoms with Crippen molar-refractivity contribution in [1.82, 2.24) is 0 Å². The zero-order valence-corrected chi connectivity index (χ0v) is 34.6. The first-order valence-electron chi connectivity index (χ1n) is 21.3. The number of rotatable bonds is 40. The van der Waals surface area contributed by atoms with Crippen LogP contribution in [0.25, 0.3) is 0 Å². The summed E-state index contributed by atoms with van der Waals surface area (Å²) < 4.78 is 32.7. The number of carbonyl (C=O) groups is 2. The van der Waals surface area contributed by atoms with Crippen LogP contribution in [0.2, 0.25) is 0 Å². The molecule has 0 rings (SSSR count). The molecule has 0 aliphatic rings. The molecular formula is C42H79O10P. The smallest absolute Gasteiger partial charge is 0.462 e. The van der Waals surface area contributed by atoms with Crippen LogP contribution in [-0.2, 0) is 32.7 Å². The van der Waals surface area contributed by atoms with E-state index in [-0.39, 0.29) is 19.4 Å². The molecule has 0 saturated heterocycles. The maximum Gasteiger partial charge on any atom is 0.472 e. The maximum atomic E-state index is 12.6. The summed E-state index contributed by atoms with van der Waals surface area (Å²) in [5.41, 5.74) is 0. The van der Waals surface area contributed by atoms with Gasteiger partial charge in [0.1, 0.15) is 12.7 Å². The Labute approximate surface area is 323 Å². The van der Waals surface area contributed by atoms with E-state index in [1.54, 1.807) is 0 Å². The van der Waals surface area contributed by atoms with Crippen molar-refractivity contribution >= 4 is 19.8 Å². The standard InChI is InChI=1S/C42H79O10P/c1-3-5-7-9-11-13-15-17-19-21-23-25-27-29-31-33-41(45)49-37-40(38-51-53(47,48)50-36-39(44)35-43)52-42(46)34-32-30-28-26-24-22-20-18-16-14-12-10-8-6-4-2/h17-20,39-40,43-44H,3-16,21-38H2,1-2H3,(H,47,48)/b19-17+,20-18-/t39-,40-/m1/s1. The third kappa shape index (κ3) is 38.5. The molecular weight excluding hydrogens is 695 g/mol. The van der Waals surface area contributed by atoms with Crippen LogP contribution in [0.5, 0.6) is 0 Å². The molecule has 53 heavy (non-hydrogen) atoms. The molecule has 0 aliphatic carbocycles. The lowest BCUT2D eigenvalue weighted by atomic mass is 10.1. The Kier molecular flexibility index (Phi) is 37.6. The number of esters is 2. The summed E-state index contributed by atoms with van der Waals surface area (Å²) in [6.45, 7) is 2.36. The van der Waals surface area contributed by atoms with Crippen molar-refractivity contribution < 1.29 is 47.8 Å². The molecule has 0 amide bonds. The number of phosphoric ester groups is 1. The van der Waals surface area contributed by atoms with Gasteiger partial charge in [0.25, 0.3) is 0 Å². The maximum absolute atomic E-state index is 12.6. The quantitative estimate of drug-likeness (QED) is 0.0238. The predicted molar refractivity (Wildman–Crippen MR) is 215 cm³/mol. The third-order valence-electron chi connectivity index (χ3n) is 9.08. The summed E-state index contributed by atoms with van der Waals surface area (Å²) in [6.07, 6.45) is 37.1. The second-order valence-electron chi connectivity index (χ2n) is 14.4. The molecule has 312 valence electrons. The van der Waals surface area contributed by atoms with Crippen LogP contribution in [0.3, 0.4) is 0 Å². The normalized spacial score (nSPS) is 14.1. The lowest BCUT2D eigenvalue weighted by Crippen LogP contribution is -2.29. The van der Waals surface area contributed by atoms with Crippen LogP contribution in [0.1, 0.15) is 194 Å². The highest BCUT2D eigenvalue weighted by Gasteiger charge is 2.27. The van der Waals surface area contributed by atoms with Gasteiger partial charge in [0.05, 0.1) is 19.8 Å². The third-order valence-corrected chi connectivity index (χ3v) is 10.0. The average molecular weight is 775 g/mol. The summed E-state index contributed by atoms with van der Waals surface area (Å²) in [6, 6.07) is 0. The molecule has 0 aromatic rings.